The van der Waals surface area contributed by atoms with Crippen molar-refractivity contribution in [3.63, 3.8) is 0 Å². The van der Waals surface area contributed by atoms with Crippen molar-refractivity contribution in [3.8, 4) is 5.75 Å². The summed E-state index contributed by atoms with van der Waals surface area (Å²) < 4.78 is 6.15. The molecule has 0 aromatic carbocycles. The molecule has 1 aromatic heterocycles. The van der Waals surface area contributed by atoms with Crippen LogP contribution in [0.4, 0.5) is 0 Å². The van der Waals surface area contributed by atoms with Crippen LogP contribution in [-0.4, -0.2) is 15.6 Å². The Hall–Kier alpha value is -2.04. The van der Waals surface area contributed by atoms with Gasteiger partial charge in [-0.15, -0.1) is 6.58 Å². The van der Waals surface area contributed by atoms with Gasteiger partial charge in [0.15, 0.2) is 0 Å². The van der Waals surface area contributed by atoms with Crippen molar-refractivity contribution in [2.24, 2.45) is 0 Å². The van der Waals surface area contributed by atoms with Gasteiger partial charge in [0, 0.05) is 25.6 Å². The van der Waals surface area contributed by atoms with Crippen molar-refractivity contribution in [3.05, 3.63) is 40.8 Å². The fourth-order valence-electron chi connectivity index (χ4n) is 1.27. The van der Waals surface area contributed by atoms with E-state index in [2.05, 4.69) is 6.58 Å². The number of esters is 1. The summed E-state index contributed by atoms with van der Waals surface area (Å²) in [6.45, 7) is 5.05. The van der Waals surface area contributed by atoms with Gasteiger partial charge in [-0.3, -0.25) is 9.59 Å². The largest absolute Gasteiger partial charge is 0.508 e. The molecule has 1 heterocycles. The molecule has 0 unspecified atom stereocenters. The maximum Gasteiger partial charge on any atom is 0.303 e. The molecular formula is C11H13NO4. The van der Waals surface area contributed by atoms with Gasteiger partial charge in [-0.05, 0) is 0 Å². The van der Waals surface area contributed by atoms with Gasteiger partial charge in [0.25, 0.3) is 5.56 Å². The number of carbonyl (C=O) groups is 1. The third kappa shape index (κ3) is 2.98. The van der Waals surface area contributed by atoms with Crippen molar-refractivity contribution >= 4 is 5.97 Å². The van der Waals surface area contributed by atoms with Gasteiger partial charge < -0.3 is 14.4 Å². The van der Waals surface area contributed by atoms with Crippen molar-refractivity contribution in [2.45, 2.75) is 20.1 Å². The molecule has 5 heteroatoms. The minimum absolute atomic E-state index is 0.0488. The molecular weight excluding hydrogens is 210 g/mol. The SMILES string of the molecule is C=CCn1c(COC(C)=O)cc(O)cc1=O. The second-order valence-electron chi connectivity index (χ2n) is 3.22. The van der Waals surface area contributed by atoms with E-state index in [1.54, 1.807) is 6.08 Å². The Kier molecular flexibility index (Phi) is 3.88. The summed E-state index contributed by atoms with van der Waals surface area (Å²) in [6.07, 6.45) is 1.55. The normalized spacial score (nSPS) is 9.81. The van der Waals surface area contributed by atoms with E-state index in [1.807, 2.05) is 0 Å². The van der Waals surface area contributed by atoms with Crippen LogP contribution in [0.3, 0.4) is 0 Å². The van der Waals surface area contributed by atoms with Gasteiger partial charge in [-0.2, -0.15) is 0 Å². The molecule has 0 saturated carbocycles. The molecule has 0 amide bonds. The zero-order chi connectivity index (χ0) is 12.1. The molecule has 0 spiro atoms. The lowest BCUT2D eigenvalue weighted by molar-refractivity contribution is -0.142. The fourth-order valence-corrected chi connectivity index (χ4v) is 1.27. The number of hydrogen-bond donors (Lipinski definition) is 1. The molecule has 0 atom stereocenters. The predicted octanol–water partition coefficient (Wildman–Crippen LogP) is 0.803. The molecule has 0 aliphatic heterocycles. The molecule has 86 valence electrons. The zero-order valence-corrected chi connectivity index (χ0v) is 8.97. The minimum atomic E-state index is -0.444. The molecule has 16 heavy (non-hydrogen) atoms. The lowest BCUT2D eigenvalue weighted by Crippen LogP contribution is -2.22. The first-order valence-corrected chi connectivity index (χ1v) is 4.71. The van der Waals surface area contributed by atoms with Crippen molar-refractivity contribution in [1.29, 1.82) is 0 Å². The maximum absolute atomic E-state index is 11.5. The third-order valence-electron chi connectivity index (χ3n) is 1.93. The Labute approximate surface area is 92.6 Å². The minimum Gasteiger partial charge on any atom is -0.508 e. The Bertz CT molecular complexity index is 462. The lowest BCUT2D eigenvalue weighted by Gasteiger charge is -2.10. The van der Waals surface area contributed by atoms with E-state index in [0.717, 1.165) is 6.07 Å². The smallest absolute Gasteiger partial charge is 0.303 e. The highest BCUT2D eigenvalue weighted by Crippen LogP contribution is 2.09. The van der Waals surface area contributed by atoms with Gasteiger partial charge in [0.2, 0.25) is 0 Å². The van der Waals surface area contributed by atoms with E-state index in [1.165, 1.54) is 17.6 Å². The van der Waals surface area contributed by atoms with Crippen molar-refractivity contribution < 1.29 is 14.6 Å². The highest BCUT2D eigenvalue weighted by atomic mass is 16.5. The van der Waals surface area contributed by atoms with E-state index in [4.69, 9.17) is 4.74 Å². The van der Waals surface area contributed by atoms with Crippen LogP contribution in [0.2, 0.25) is 0 Å². The molecule has 0 fully saturated rings. The number of hydrogen-bond acceptors (Lipinski definition) is 4. The van der Waals surface area contributed by atoms with E-state index in [9.17, 15) is 14.7 Å². The first-order chi connectivity index (χ1) is 7.54. The topological polar surface area (TPSA) is 68.5 Å². The van der Waals surface area contributed by atoms with E-state index in [0.29, 0.717) is 12.2 Å². The van der Waals surface area contributed by atoms with Crippen LogP contribution in [0.25, 0.3) is 0 Å². The predicted molar refractivity (Wildman–Crippen MR) is 58.0 cm³/mol. The lowest BCUT2D eigenvalue weighted by atomic mass is 10.3. The average Bonchev–Trinajstić information content (AvgIpc) is 2.19. The average molecular weight is 223 g/mol. The summed E-state index contributed by atoms with van der Waals surface area (Å²) in [5, 5.41) is 9.27. The first-order valence-electron chi connectivity index (χ1n) is 4.71. The maximum atomic E-state index is 11.5. The molecule has 0 aliphatic carbocycles. The second kappa shape index (κ2) is 5.16. The number of rotatable bonds is 4. The van der Waals surface area contributed by atoms with Crippen LogP contribution in [0.5, 0.6) is 5.75 Å². The summed E-state index contributed by atoms with van der Waals surface area (Å²) in [6, 6.07) is 2.48. The molecule has 1 aromatic rings. The highest BCUT2D eigenvalue weighted by Gasteiger charge is 2.06. The Morgan fingerprint density at radius 3 is 2.88 bits per heavy atom. The summed E-state index contributed by atoms with van der Waals surface area (Å²) in [5.41, 5.74) is 0.0714. The van der Waals surface area contributed by atoms with E-state index in [-0.39, 0.29) is 17.9 Å². The number of nitrogens with zero attached hydrogens (tertiary/aromatic N) is 1. The van der Waals surface area contributed by atoms with Crippen LogP contribution in [0.15, 0.2) is 29.6 Å². The van der Waals surface area contributed by atoms with Crippen molar-refractivity contribution in [1.82, 2.24) is 4.57 Å². The molecule has 0 radical (unpaired) electrons. The third-order valence-corrected chi connectivity index (χ3v) is 1.93. The summed E-state index contributed by atoms with van der Waals surface area (Å²) >= 11 is 0. The Morgan fingerprint density at radius 2 is 2.31 bits per heavy atom. The van der Waals surface area contributed by atoms with Crippen LogP contribution in [0.1, 0.15) is 12.6 Å². The van der Waals surface area contributed by atoms with E-state index >= 15 is 0 Å². The quantitative estimate of drug-likeness (QED) is 0.605. The Morgan fingerprint density at radius 1 is 1.62 bits per heavy atom. The molecule has 1 N–H and O–H groups in total. The molecule has 5 nitrogen and oxygen atoms in total. The number of aromatic nitrogens is 1. The highest BCUT2D eigenvalue weighted by molar-refractivity contribution is 5.65. The fraction of sp³-hybridized carbons (Fsp3) is 0.273. The van der Waals surface area contributed by atoms with Gasteiger partial charge in [-0.25, -0.2) is 0 Å². The number of ether oxygens (including phenoxy) is 1. The number of allylic oxidation sites excluding steroid dienone is 1. The molecule has 0 aliphatic rings. The summed E-state index contributed by atoms with van der Waals surface area (Å²) in [7, 11) is 0. The van der Waals surface area contributed by atoms with Crippen molar-refractivity contribution in [2.75, 3.05) is 0 Å². The molecule has 0 bridgehead atoms. The number of pyridine rings is 1. The van der Waals surface area contributed by atoms with Crippen LogP contribution in [0, 0.1) is 0 Å². The number of aromatic hydroxyl groups is 1. The van der Waals surface area contributed by atoms with Gasteiger partial charge >= 0.3 is 5.97 Å². The first kappa shape index (κ1) is 12.0. The molecule has 0 saturated heterocycles. The zero-order valence-electron chi connectivity index (χ0n) is 8.97. The summed E-state index contributed by atoms with van der Waals surface area (Å²) in [5.74, 6) is -0.589. The molecule has 1 rings (SSSR count). The van der Waals surface area contributed by atoms with Crippen LogP contribution in [-0.2, 0) is 22.7 Å². The Balaban J connectivity index is 3.08. The van der Waals surface area contributed by atoms with Gasteiger partial charge in [0.1, 0.15) is 12.4 Å². The number of carbonyl (C=O) groups excluding carboxylic acids is 1. The van der Waals surface area contributed by atoms with Crippen LogP contribution >= 0.6 is 0 Å². The monoisotopic (exact) mass is 223 g/mol. The van der Waals surface area contributed by atoms with Crippen LogP contribution < -0.4 is 5.56 Å². The van der Waals surface area contributed by atoms with E-state index < -0.39 is 5.97 Å². The standard InChI is InChI=1S/C11H13NO4/c1-3-4-12-9(7-16-8(2)13)5-10(14)6-11(12)15/h3,5-6,14H,1,4,7H2,2H3. The second-order valence-corrected chi connectivity index (χ2v) is 3.22. The van der Waals surface area contributed by atoms with Gasteiger partial charge in [0.05, 0.1) is 5.69 Å². The van der Waals surface area contributed by atoms with Gasteiger partial charge in [-0.1, -0.05) is 6.08 Å². The summed E-state index contributed by atoms with van der Waals surface area (Å²) in [4.78, 5) is 22.2.